The average molecular weight is 358 g/mol. The third kappa shape index (κ3) is 2.91. The fraction of sp³-hybridized carbons (Fsp3) is 0.222. The van der Waals surface area contributed by atoms with Crippen LogP contribution in [0.3, 0.4) is 0 Å². The molecule has 0 unspecified atom stereocenters. The highest BCUT2D eigenvalue weighted by Gasteiger charge is 2.18. The van der Waals surface area contributed by atoms with Crippen molar-refractivity contribution in [3.8, 4) is 11.5 Å². The molecular weight excluding hydrogens is 343 g/mol. The molecule has 1 aliphatic rings. The Hall–Kier alpha value is -2.67. The van der Waals surface area contributed by atoms with Crippen LogP contribution in [0.15, 0.2) is 41.4 Å². The maximum atomic E-state index is 13.3. The Labute approximate surface area is 147 Å². The van der Waals surface area contributed by atoms with Crippen molar-refractivity contribution in [1.29, 1.82) is 0 Å². The fourth-order valence-corrected chi connectivity index (χ4v) is 3.82. The van der Waals surface area contributed by atoms with Crippen LogP contribution in [0.25, 0.3) is 10.2 Å². The molecule has 2 heterocycles. The maximum Gasteiger partial charge on any atom is 0.279 e. The monoisotopic (exact) mass is 358 g/mol. The number of carbonyl (C=O) groups excluding carboxylic acids is 1. The second kappa shape index (κ2) is 6.33. The van der Waals surface area contributed by atoms with Crippen molar-refractivity contribution in [3.05, 3.63) is 52.6 Å². The molecule has 0 bridgehead atoms. The van der Waals surface area contributed by atoms with Crippen LogP contribution in [-0.4, -0.2) is 17.3 Å². The second-order valence-corrected chi connectivity index (χ2v) is 6.65. The van der Waals surface area contributed by atoms with Gasteiger partial charge in [-0.1, -0.05) is 24.3 Å². The number of nitrogens with zero attached hydrogens (tertiary/aromatic N) is 2. The molecule has 1 aliphatic heterocycles. The molecule has 4 rings (SSSR count). The van der Waals surface area contributed by atoms with Gasteiger partial charge >= 0.3 is 0 Å². The minimum Gasteiger partial charge on any atom is -0.454 e. The van der Waals surface area contributed by atoms with E-state index >= 15 is 0 Å². The van der Waals surface area contributed by atoms with Gasteiger partial charge in [0.05, 0.1) is 10.2 Å². The van der Waals surface area contributed by atoms with Gasteiger partial charge in [0.2, 0.25) is 6.79 Å². The van der Waals surface area contributed by atoms with Gasteiger partial charge in [-0.05, 0) is 24.6 Å². The topological polar surface area (TPSA) is 52.8 Å². The predicted molar refractivity (Wildman–Crippen MR) is 92.5 cm³/mol. The number of carbonyl (C=O) groups is 1. The van der Waals surface area contributed by atoms with Crippen molar-refractivity contribution in [3.63, 3.8) is 0 Å². The minimum absolute atomic E-state index is 0.218. The summed E-state index contributed by atoms with van der Waals surface area (Å²) in [6, 6.07) is 9.37. The van der Waals surface area contributed by atoms with Gasteiger partial charge in [-0.25, -0.2) is 4.39 Å². The summed E-state index contributed by atoms with van der Waals surface area (Å²) in [5.74, 6) is 0.471. The summed E-state index contributed by atoms with van der Waals surface area (Å²) in [6.07, 6.45) is 0.890. The first-order chi connectivity index (χ1) is 12.2. The molecule has 0 fully saturated rings. The third-order valence-electron chi connectivity index (χ3n) is 3.89. The number of aromatic nitrogens is 1. The van der Waals surface area contributed by atoms with Crippen LogP contribution in [0.5, 0.6) is 11.5 Å². The van der Waals surface area contributed by atoms with Crippen molar-refractivity contribution in [1.82, 2.24) is 4.57 Å². The number of halogens is 1. The van der Waals surface area contributed by atoms with Crippen LogP contribution in [0.2, 0.25) is 0 Å². The normalized spacial score (nSPS) is 13.6. The lowest BCUT2D eigenvalue weighted by molar-refractivity contribution is 0.0997. The van der Waals surface area contributed by atoms with E-state index < -0.39 is 11.7 Å². The molecule has 1 aromatic heterocycles. The van der Waals surface area contributed by atoms with Crippen LogP contribution in [0, 0.1) is 5.82 Å². The summed E-state index contributed by atoms with van der Waals surface area (Å²) < 4.78 is 27.1. The number of fused-ring (bicyclic) bond motifs is 2. The summed E-state index contributed by atoms with van der Waals surface area (Å²) in [4.78, 5) is 17.2. The quantitative estimate of drug-likeness (QED) is 0.717. The van der Waals surface area contributed by atoms with E-state index in [1.807, 2.05) is 16.7 Å². The Kier molecular flexibility index (Phi) is 4.01. The first kappa shape index (κ1) is 15.8. The Morgan fingerprint density at radius 3 is 2.84 bits per heavy atom. The van der Waals surface area contributed by atoms with Crippen LogP contribution >= 0.6 is 11.3 Å². The molecule has 2 aromatic carbocycles. The average Bonchev–Trinajstić information content (AvgIpc) is 3.18. The Morgan fingerprint density at radius 2 is 2.08 bits per heavy atom. The number of aryl methyl sites for hydroxylation is 1. The van der Waals surface area contributed by atoms with Gasteiger partial charge in [0, 0.05) is 24.2 Å². The van der Waals surface area contributed by atoms with Crippen LogP contribution in [-0.2, 0) is 6.54 Å². The molecule has 25 heavy (non-hydrogen) atoms. The van der Waals surface area contributed by atoms with Crippen molar-refractivity contribution in [2.75, 3.05) is 6.79 Å². The summed E-state index contributed by atoms with van der Waals surface area (Å²) >= 11 is 1.40. The molecule has 0 spiro atoms. The number of ether oxygens (including phenoxy) is 2. The van der Waals surface area contributed by atoms with Crippen molar-refractivity contribution in [2.24, 2.45) is 4.99 Å². The van der Waals surface area contributed by atoms with E-state index in [9.17, 15) is 9.18 Å². The molecule has 1 amide bonds. The summed E-state index contributed by atoms with van der Waals surface area (Å²) in [7, 11) is 0. The van der Waals surface area contributed by atoms with E-state index in [0.29, 0.717) is 16.3 Å². The van der Waals surface area contributed by atoms with Crippen LogP contribution in [0.4, 0.5) is 4.39 Å². The van der Waals surface area contributed by atoms with Gasteiger partial charge < -0.3 is 14.0 Å². The molecule has 0 radical (unpaired) electrons. The molecule has 5 nitrogen and oxygen atoms in total. The number of amides is 1. The first-order valence-corrected chi connectivity index (χ1v) is 8.75. The fourth-order valence-electron chi connectivity index (χ4n) is 2.76. The first-order valence-electron chi connectivity index (χ1n) is 7.93. The zero-order valence-electron chi connectivity index (χ0n) is 13.5. The number of benzene rings is 2. The van der Waals surface area contributed by atoms with Gasteiger partial charge in [-0.2, -0.15) is 4.99 Å². The predicted octanol–water partition coefficient (Wildman–Crippen LogP) is 3.72. The molecule has 7 heteroatoms. The Morgan fingerprint density at radius 1 is 1.28 bits per heavy atom. The van der Waals surface area contributed by atoms with Crippen LogP contribution in [0.1, 0.15) is 23.7 Å². The Balaban J connectivity index is 1.85. The highest BCUT2D eigenvalue weighted by molar-refractivity contribution is 7.16. The summed E-state index contributed by atoms with van der Waals surface area (Å²) in [6.45, 7) is 2.99. The smallest absolute Gasteiger partial charge is 0.279 e. The van der Waals surface area contributed by atoms with Crippen molar-refractivity contribution < 1.29 is 18.7 Å². The second-order valence-electron chi connectivity index (χ2n) is 5.64. The van der Waals surface area contributed by atoms with Crippen molar-refractivity contribution >= 4 is 27.5 Å². The lowest BCUT2D eigenvalue weighted by atomic mass is 10.2. The van der Waals surface area contributed by atoms with Gasteiger partial charge in [-0.15, -0.1) is 0 Å². The molecule has 0 N–H and O–H groups in total. The number of hydrogen-bond acceptors (Lipinski definition) is 4. The van der Waals surface area contributed by atoms with E-state index in [1.54, 1.807) is 6.07 Å². The molecule has 0 atom stereocenters. The molecule has 0 saturated carbocycles. The molecule has 0 saturated heterocycles. The van der Waals surface area contributed by atoms with E-state index in [0.717, 1.165) is 23.2 Å². The Bertz CT molecular complexity index is 1040. The number of thiazole rings is 1. The standard InChI is InChI=1S/C18H15FN2O3S/c1-2-6-21-13-8-14-15(24-10-23-14)9-16(13)25-18(21)20-17(22)11-4-3-5-12(19)7-11/h3-5,7-9H,2,6,10H2,1H3. The number of hydrogen-bond donors (Lipinski definition) is 0. The lowest BCUT2D eigenvalue weighted by Gasteiger charge is -2.03. The molecule has 128 valence electrons. The molecule has 3 aromatic rings. The maximum absolute atomic E-state index is 13.3. The third-order valence-corrected chi connectivity index (χ3v) is 4.93. The van der Waals surface area contributed by atoms with E-state index in [2.05, 4.69) is 11.9 Å². The van der Waals surface area contributed by atoms with E-state index in [1.165, 1.54) is 29.5 Å². The molecule has 0 aliphatic carbocycles. The molecular formula is C18H15FN2O3S. The summed E-state index contributed by atoms with van der Waals surface area (Å²) in [5.41, 5.74) is 1.18. The minimum atomic E-state index is -0.462. The zero-order chi connectivity index (χ0) is 17.4. The van der Waals surface area contributed by atoms with E-state index in [4.69, 9.17) is 9.47 Å². The lowest BCUT2D eigenvalue weighted by Crippen LogP contribution is -2.16. The highest BCUT2D eigenvalue weighted by atomic mass is 32.1. The van der Waals surface area contributed by atoms with Gasteiger partial charge in [0.25, 0.3) is 5.91 Å². The summed E-state index contributed by atoms with van der Waals surface area (Å²) in [5, 5.41) is 0. The SMILES string of the molecule is CCCn1c(=NC(=O)c2cccc(F)c2)sc2cc3c(cc21)OCO3. The van der Waals surface area contributed by atoms with Gasteiger partial charge in [0.15, 0.2) is 16.3 Å². The van der Waals surface area contributed by atoms with E-state index in [-0.39, 0.29) is 12.4 Å². The van der Waals surface area contributed by atoms with Gasteiger partial charge in [-0.3, -0.25) is 4.79 Å². The largest absolute Gasteiger partial charge is 0.454 e. The van der Waals surface area contributed by atoms with Gasteiger partial charge in [0.1, 0.15) is 5.82 Å². The zero-order valence-corrected chi connectivity index (χ0v) is 14.3. The van der Waals surface area contributed by atoms with Crippen molar-refractivity contribution in [2.45, 2.75) is 19.9 Å². The highest BCUT2D eigenvalue weighted by Crippen LogP contribution is 2.37. The van der Waals surface area contributed by atoms with Crippen LogP contribution < -0.4 is 14.3 Å². The number of rotatable bonds is 3.